The van der Waals surface area contributed by atoms with E-state index in [1.165, 1.54) is 30.5 Å². The molecule has 0 bridgehead atoms. The lowest BCUT2D eigenvalue weighted by Crippen LogP contribution is -2.38. The van der Waals surface area contributed by atoms with Gasteiger partial charge >= 0.3 is 0 Å². The lowest BCUT2D eigenvalue weighted by molar-refractivity contribution is -0.123. The summed E-state index contributed by atoms with van der Waals surface area (Å²) < 4.78 is 0. The number of anilines is 3. The molecule has 1 fully saturated rings. The first-order chi connectivity index (χ1) is 10.2. The van der Waals surface area contributed by atoms with Crippen molar-refractivity contribution < 1.29 is 4.79 Å². The number of hydrogen-bond donors (Lipinski definition) is 2. The highest BCUT2D eigenvalue weighted by atomic mass is 16.2. The largest absolute Gasteiger partial charge is 0.397 e. The second kappa shape index (κ2) is 6.19. The minimum Gasteiger partial charge on any atom is -0.397 e. The first-order valence-electron chi connectivity index (χ1n) is 8.18. The van der Waals surface area contributed by atoms with Gasteiger partial charge in [0.2, 0.25) is 5.91 Å². The highest BCUT2D eigenvalue weighted by Crippen LogP contribution is 2.34. The van der Waals surface area contributed by atoms with Gasteiger partial charge in [-0.3, -0.25) is 4.79 Å². The van der Waals surface area contributed by atoms with Crippen molar-refractivity contribution in [2.45, 2.75) is 59.9 Å². The van der Waals surface area contributed by atoms with Gasteiger partial charge in [-0.25, -0.2) is 0 Å². The third-order valence-electron chi connectivity index (χ3n) is 4.41. The van der Waals surface area contributed by atoms with Crippen LogP contribution >= 0.6 is 0 Å². The molecule has 1 aromatic rings. The first kappa shape index (κ1) is 16.7. The quantitative estimate of drug-likeness (QED) is 0.814. The van der Waals surface area contributed by atoms with Crippen molar-refractivity contribution in [3.8, 4) is 0 Å². The minimum atomic E-state index is -0.435. The maximum atomic E-state index is 12.2. The lowest BCUT2D eigenvalue weighted by atomic mass is 9.95. The van der Waals surface area contributed by atoms with E-state index in [9.17, 15) is 4.79 Å². The smallest absolute Gasteiger partial charge is 0.229 e. The van der Waals surface area contributed by atoms with Crippen molar-refractivity contribution in [1.29, 1.82) is 0 Å². The average molecular weight is 303 g/mol. The number of nitrogens with one attached hydrogen (secondary N) is 1. The van der Waals surface area contributed by atoms with Crippen molar-refractivity contribution in [2.75, 3.05) is 22.5 Å². The number of piperidine rings is 1. The molecule has 1 atom stereocenters. The van der Waals surface area contributed by atoms with Crippen LogP contribution < -0.4 is 16.0 Å². The molecule has 1 aliphatic rings. The zero-order valence-electron chi connectivity index (χ0n) is 14.5. The second-order valence-corrected chi connectivity index (χ2v) is 7.47. The topological polar surface area (TPSA) is 58.4 Å². The fourth-order valence-electron chi connectivity index (χ4n) is 2.90. The van der Waals surface area contributed by atoms with E-state index < -0.39 is 5.41 Å². The molecule has 0 spiro atoms. The van der Waals surface area contributed by atoms with Crippen LogP contribution in [-0.4, -0.2) is 18.5 Å². The number of nitrogens with zero attached hydrogens (tertiary/aromatic N) is 1. The number of nitrogens with two attached hydrogens (primary N) is 1. The van der Waals surface area contributed by atoms with Crippen LogP contribution in [0.3, 0.4) is 0 Å². The number of amides is 1. The predicted molar refractivity (Wildman–Crippen MR) is 94.3 cm³/mol. The summed E-state index contributed by atoms with van der Waals surface area (Å²) in [6, 6.07) is 4.53. The molecule has 1 aromatic carbocycles. The van der Waals surface area contributed by atoms with Crippen LogP contribution in [0.1, 0.15) is 52.5 Å². The summed E-state index contributed by atoms with van der Waals surface area (Å²) in [7, 11) is 0. The van der Waals surface area contributed by atoms with Crippen LogP contribution in [0.4, 0.5) is 17.1 Å². The van der Waals surface area contributed by atoms with Gasteiger partial charge in [0.1, 0.15) is 0 Å². The number of carbonyl (C=O) groups excluding carboxylic acids is 1. The Kier molecular flexibility index (Phi) is 4.69. The summed E-state index contributed by atoms with van der Waals surface area (Å²) in [6.45, 7) is 11.1. The molecule has 4 nitrogen and oxygen atoms in total. The van der Waals surface area contributed by atoms with Gasteiger partial charge in [0.15, 0.2) is 0 Å². The predicted octanol–water partition coefficient (Wildman–Crippen LogP) is 3.94. The number of nitrogen functional groups attached to an aromatic ring is 1. The number of rotatable bonds is 2. The molecule has 1 aliphatic heterocycles. The molecule has 0 aromatic heterocycles. The van der Waals surface area contributed by atoms with E-state index in [1.807, 2.05) is 32.9 Å². The normalized spacial score (nSPS) is 19.1. The molecule has 0 radical (unpaired) electrons. The zero-order valence-corrected chi connectivity index (χ0v) is 14.5. The molecule has 3 N–H and O–H groups in total. The number of benzene rings is 1. The van der Waals surface area contributed by atoms with Gasteiger partial charge in [0, 0.05) is 23.7 Å². The molecule has 22 heavy (non-hydrogen) atoms. The highest BCUT2D eigenvalue weighted by Gasteiger charge is 2.24. The molecular weight excluding hydrogens is 274 g/mol. The molecule has 0 saturated carbocycles. The molecule has 122 valence electrons. The molecule has 1 heterocycles. The van der Waals surface area contributed by atoms with Crippen LogP contribution in [0, 0.1) is 12.3 Å². The Hall–Kier alpha value is -1.71. The maximum absolute atomic E-state index is 12.2. The van der Waals surface area contributed by atoms with Gasteiger partial charge in [-0.05, 0) is 50.8 Å². The van der Waals surface area contributed by atoms with E-state index in [0.717, 1.165) is 12.2 Å². The fourth-order valence-corrected chi connectivity index (χ4v) is 2.90. The van der Waals surface area contributed by atoms with E-state index in [-0.39, 0.29) is 5.91 Å². The summed E-state index contributed by atoms with van der Waals surface area (Å²) in [5, 5.41) is 2.98. The Morgan fingerprint density at radius 3 is 2.59 bits per heavy atom. The summed E-state index contributed by atoms with van der Waals surface area (Å²) in [5.41, 5.74) is 9.38. The zero-order chi connectivity index (χ0) is 16.5. The van der Waals surface area contributed by atoms with Gasteiger partial charge < -0.3 is 16.0 Å². The van der Waals surface area contributed by atoms with E-state index in [4.69, 9.17) is 5.73 Å². The molecule has 0 aliphatic carbocycles. The molecule has 1 unspecified atom stereocenters. The standard InChI is InChI=1S/C18H29N3O/c1-12-10-14(19)15(20-17(22)18(3,4)5)11-16(12)21-9-7-6-8-13(21)2/h10-11,13H,6-9,19H2,1-5H3,(H,20,22). The number of aryl methyl sites for hydroxylation is 1. The van der Waals surface area contributed by atoms with E-state index in [0.29, 0.717) is 11.7 Å². The van der Waals surface area contributed by atoms with Crippen LogP contribution in [0.15, 0.2) is 12.1 Å². The highest BCUT2D eigenvalue weighted by molar-refractivity contribution is 5.98. The Morgan fingerprint density at radius 2 is 2.00 bits per heavy atom. The van der Waals surface area contributed by atoms with Crippen molar-refractivity contribution in [3.63, 3.8) is 0 Å². The van der Waals surface area contributed by atoms with Crippen molar-refractivity contribution in [1.82, 2.24) is 0 Å². The van der Waals surface area contributed by atoms with Gasteiger partial charge in [0.05, 0.1) is 11.4 Å². The molecule has 1 saturated heterocycles. The van der Waals surface area contributed by atoms with Crippen LogP contribution in [0.25, 0.3) is 0 Å². The Labute approximate surface area is 134 Å². The lowest BCUT2D eigenvalue weighted by Gasteiger charge is -2.37. The van der Waals surface area contributed by atoms with E-state index in [1.54, 1.807) is 0 Å². The minimum absolute atomic E-state index is 0.0132. The van der Waals surface area contributed by atoms with Gasteiger partial charge in [0.25, 0.3) is 0 Å². The van der Waals surface area contributed by atoms with Gasteiger partial charge in [-0.2, -0.15) is 0 Å². The van der Waals surface area contributed by atoms with Crippen LogP contribution in [0.2, 0.25) is 0 Å². The second-order valence-electron chi connectivity index (χ2n) is 7.47. The summed E-state index contributed by atoms with van der Waals surface area (Å²) in [6.07, 6.45) is 3.73. The monoisotopic (exact) mass is 303 g/mol. The third-order valence-corrected chi connectivity index (χ3v) is 4.41. The van der Waals surface area contributed by atoms with Crippen molar-refractivity contribution in [3.05, 3.63) is 17.7 Å². The van der Waals surface area contributed by atoms with Crippen molar-refractivity contribution in [2.24, 2.45) is 5.41 Å². The average Bonchev–Trinajstić information content (AvgIpc) is 2.41. The van der Waals surface area contributed by atoms with Gasteiger partial charge in [-0.1, -0.05) is 20.8 Å². The Balaban J connectivity index is 2.32. The molecule has 4 heteroatoms. The van der Waals surface area contributed by atoms with Crippen LogP contribution in [0.5, 0.6) is 0 Å². The summed E-state index contributed by atoms with van der Waals surface area (Å²) in [4.78, 5) is 14.7. The Morgan fingerprint density at radius 1 is 1.32 bits per heavy atom. The van der Waals surface area contributed by atoms with E-state index in [2.05, 4.69) is 24.1 Å². The SMILES string of the molecule is Cc1cc(N)c(NC(=O)C(C)(C)C)cc1N1CCCCC1C. The third kappa shape index (κ3) is 3.54. The number of carbonyl (C=O) groups is 1. The summed E-state index contributed by atoms with van der Waals surface area (Å²) in [5.74, 6) is -0.0132. The Bertz CT molecular complexity index is 560. The molecular formula is C18H29N3O. The van der Waals surface area contributed by atoms with Gasteiger partial charge in [-0.15, -0.1) is 0 Å². The van der Waals surface area contributed by atoms with Crippen molar-refractivity contribution >= 4 is 23.0 Å². The fraction of sp³-hybridized carbons (Fsp3) is 0.611. The first-order valence-corrected chi connectivity index (χ1v) is 8.18. The van der Waals surface area contributed by atoms with E-state index >= 15 is 0 Å². The summed E-state index contributed by atoms with van der Waals surface area (Å²) >= 11 is 0. The molecule has 2 rings (SSSR count). The molecule has 1 amide bonds. The number of hydrogen-bond acceptors (Lipinski definition) is 3. The maximum Gasteiger partial charge on any atom is 0.229 e. The van der Waals surface area contributed by atoms with Crippen LogP contribution in [-0.2, 0) is 4.79 Å².